The largest absolute Gasteiger partial charge is 0.355 e. The van der Waals surface area contributed by atoms with E-state index in [0.717, 1.165) is 29.9 Å². The third kappa shape index (κ3) is 2.05. The first kappa shape index (κ1) is 10.7. The first-order chi connectivity index (χ1) is 8.34. The molecule has 1 aliphatic heterocycles. The Kier molecular flexibility index (Phi) is 2.81. The zero-order valence-electron chi connectivity index (χ0n) is 9.43. The Morgan fingerprint density at radius 1 is 1.06 bits per heavy atom. The number of hydrogen-bond acceptors (Lipinski definition) is 4. The molecule has 0 unspecified atom stereocenters. The minimum absolute atomic E-state index is 0.491. The van der Waals surface area contributed by atoms with Gasteiger partial charge in [-0.2, -0.15) is 0 Å². The molecule has 0 aliphatic carbocycles. The second kappa shape index (κ2) is 4.45. The highest BCUT2D eigenvalue weighted by Gasteiger charge is 2.16. The van der Waals surface area contributed by atoms with Crippen molar-refractivity contribution in [2.75, 3.05) is 18.0 Å². The lowest BCUT2D eigenvalue weighted by Crippen LogP contribution is -2.30. The molecule has 88 valence electrons. The van der Waals surface area contributed by atoms with Gasteiger partial charge in [0.05, 0.1) is 5.52 Å². The summed E-state index contributed by atoms with van der Waals surface area (Å²) >= 11 is 5.94. The maximum atomic E-state index is 5.94. The fourth-order valence-electron chi connectivity index (χ4n) is 2.24. The number of aromatic nitrogens is 3. The summed E-state index contributed by atoms with van der Waals surface area (Å²) in [6.45, 7) is 2.08. The van der Waals surface area contributed by atoms with Gasteiger partial charge in [0, 0.05) is 13.1 Å². The van der Waals surface area contributed by atoms with Gasteiger partial charge < -0.3 is 4.90 Å². The fraction of sp³-hybridized carbons (Fsp3) is 0.417. The second-order valence-electron chi connectivity index (χ2n) is 4.25. The Morgan fingerprint density at radius 2 is 1.88 bits per heavy atom. The van der Waals surface area contributed by atoms with Gasteiger partial charge in [-0.15, -0.1) is 0 Å². The molecule has 3 heterocycles. The molecule has 5 heteroatoms. The number of piperidine rings is 1. The minimum atomic E-state index is 0.491. The third-order valence-corrected chi connectivity index (χ3v) is 3.29. The first-order valence-corrected chi connectivity index (χ1v) is 6.24. The molecule has 0 atom stereocenters. The van der Waals surface area contributed by atoms with Crippen LogP contribution in [0.25, 0.3) is 11.0 Å². The molecular formula is C12H13ClN4. The summed E-state index contributed by atoms with van der Waals surface area (Å²) in [6, 6.07) is 3.65. The summed E-state index contributed by atoms with van der Waals surface area (Å²) in [4.78, 5) is 15.2. The lowest BCUT2D eigenvalue weighted by molar-refractivity contribution is 0.574. The summed E-state index contributed by atoms with van der Waals surface area (Å²) < 4.78 is 0. The molecule has 1 aliphatic rings. The predicted octanol–water partition coefficient (Wildman–Crippen LogP) is 2.67. The molecule has 0 bridgehead atoms. The van der Waals surface area contributed by atoms with Crippen molar-refractivity contribution in [3.05, 3.63) is 23.6 Å². The van der Waals surface area contributed by atoms with Crippen molar-refractivity contribution in [3.8, 4) is 0 Å². The van der Waals surface area contributed by atoms with Gasteiger partial charge in [0.1, 0.15) is 17.0 Å². The van der Waals surface area contributed by atoms with Crippen molar-refractivity contribution in [2.24, 2.45) is 0 Å². The molecule has 0 amide bonds. The van der Waals surface area contributed by atoms with Crippen LogP contribution in [0.15, 0.2) is 18.5 Å². The number of anilines is 1. The molecule has 1 saturated heterocycles. The predicted molar refractivity (Wildman–Crippen MR) is 68.4 cm³/mol. The molecule has 0 radical (unpaired) electrons. The fourth-order valence-corrected chi connectivity index (χ4v) is 2.39. The van der Waals surface area contributed by atoms with Crippen molar-refractivity contribution in [2.45, 2.75) is 19.3 Å². The average molecular weight is 249 g/mol. The normalized spacial score (nSPS) is 16.4. The van der Waals surface area contributed by atoms with Crippen LogP contribution >= 0.6 is 11.6 Å². The molecule has 3 rings (SSSR count). The Labute approximate surface area is 105 Å². The second-order valence-corrected chi connectivity index (χ2v) is 4.63. The summed E-state index contributed by atoms with van der Waals surface area (Å²) in [5, 5.41) is 0.491. The van der Waals surface area contributed by atoms with Crippen LogP contribution in [-0.4, -0.2) is 28.0 Å². The quantitative estimate of drug-likeness (QED) is 0.728. The van der Waals surface area contributed by atoms with Gasteiger partial charge in [-0.3, -0.25) is 0 Å². The van der Waals surface area contributed by atoms with Crippen LogP contribution in [0, 0.1) is 0 Å². The SMILES string of the molecule is Clc1ccc2ncnc(N3CCCCC3)c2n1. The summed E-state index contributed by atoms with van der Waals surface area (Å²) in [5.74, 6) is 0.914. The number of pyridine rings is 1. The van der Waals surface area contributed by atoms with Crippen LogP contribution in [0.1, 0.15) is 19.3 Å². The van der Waals surface area contributed by atoms with Crippen molar-refractivity contribution < 1.29 is 0 Å². The Hall–Kier alpha value is -1.42. The number of hydrogen-bond donors (Lipinski definition) is 0. The van der Waals surface area contributed by atoms with Crippen molar-refractivity contribution in [3.63, 3.8) is 0 Å². The summed E-state index contributed by atoms with van der Waals surface area (Å²) in [6.07, 6.45) is 5.33. The monoisotopic (exact) mass is 248 g/mol. The van der Waals surface area contributed by atoms with E-state index in [0.29, 0.717) is 5.15 Å². The highest BCUT2D eigenvalue weighted by atomic mass is 35.5. The molecule has 2 aromatic heterocycles. The van der Waals surface area contributed by atoms with E-state index in [1.54, 1.807) is 12.4 Å². The smallest absolute Gasteiger partial charge is 0.158 e. The Balaban J connectivity index is 2.11. The molecule has 17 heavy (non-hydrogen) atoms. The van der Waals surface area contributed by atoms with Crippen molar-refractivity contribution >= 4 is 28.5 Å². The summed E-state index contributed by atoms with van der Waals surface area (Å²) in [7, 11) is 0. The maximum Gasteiger partial charge on any atom is 0.158 e. The Morgan fingerprint density at radius 3 is 2.71 bits per heavy atom. The van der Waals surface area contributed by atoms with E-state index >= 15 is 0 Å². The molecule has 1 fully saturated rings. The number of nitrogens with zero attached hydrogens (tertiary/aromatic N) is 4. The van der Waals surface area contributed by atoms with Gasteiger partial charge >= 0.3 is 0 Å². The van der Waals surface area contributed by atoms with E-state index in [-0.39, 0.29) is 0 Å². The van der Waals surface area contributed by atoms with Gasteiger partial charge in [0.15, 0.2) is 5.82 Å². The van der Waals surface area contributed by atoms with E-state index < -0.39 is 0 Å². The number of rotatable bonds is 1. The van der Waals surface area contributed by atoms with Crippen LogP contribution < -0.4 is 4.90 Å². The highest BCUT2D eigenvalue weighted by Crippen LogP contribution is 2.25. The van der Waals surface area contributed by atoms with Gasteiger partial charge in [0.2, 0.25) is 0 Å². The van der Waals surface area contributed by atoms with Crippen LogP contribution in [-0.2, 0) is 0 Å². The topological polar surface area (TPSA) is 41.9 Å². The van der Waals surface area contributed by atoms with E-state index in [4.69, 9.17) is 11.6 Å². The van der Waals surface area contributed by atoms with Gasteiger partial charge in [-0.1, -0.05) is 11.6 Å². The van der Waals surface area contributed by atoms with Crippen molar-refractivity contribution in [1.82, 2.24) is 15.0 Å². The zero-order chi connectivity index (χ0) is 11.7. The number of fused-ring (bicyclic) bond motifs is 1. The van der Waals surface area contributed by atoms with Crippen LogP contribution in [0.3, 0.4) is 0 Å². The molecule has 0 spiro atoms. The molecule has 2 aromatic rings. The van der Waals surface area contributed by atoms with E-state index in [1.165, 1.54) is 19.3 Å². The van der Waals surface area contributed by atoms with E-state index in [1.807, 2.05) is 6.07 Å². The molecule has 0 saturated carbocycles. The lowest BCUT2D eigenvalue weighted by atomic mass is 10.1. The standard InChI is InChI=1S/C12H13ClN4/c13-10-5-4-9-11(16-10)12(15-8-14-9)17-6-2-1-3-7-17/h4-5,8H,1-3,6-7H2. The third-order valence-electron chi connectivity index (χ3n) is 3.08. The zero-order valence-corrected chi connectivity index (χ0v) is 10.2. The van der Waals surface area contributed by atoms with Crippen molar-refractivity contribution in [1.29, 1.82) is 0 Å². The molecule has 0 aromatic carbocycles. The number of halogens is 1. The maximum absolute atomic E-state index is 5.94. The molecule has 4 nitrogen and oxygen atoms in total. The van der Waals surface area contributed by atoms with E-state index in [2.05, 4.69) is 19.9 Å². The first-order valence-electron chi connectivity index (χ1n) is 5.87. The Bertz CT molecular complexity index is 537. The van der Waals surface area contributed by atoms with Gasteiger partial charge in [-0.25, -0.2) is 15.0 Å². The molecular weight excluding hydrogens is 236 g/mol. The van der Waals surface area contributed by atoms with Crippen LogP contribution in [0.2, 0.25) is 5.15 Å². The lowest BCUT2D eigenvalue weighted by Gasteiger charge is -2.27. The average Bonchev–Trinajstić information content (AvgIpc) is 2.39. The van der Waals surface area contributed by atoms with E-state index in [9.17, 15) is 0 Å². The summed E-state index contributed by atoms with van der Waals surface area (Å²) in [5.41, 5.74) is 1.66. The molecule has 0 N–H and O–H groups in total. The van der Waals surface area contributed by atoms with Gasteiger partial charge in [-0.05, 0) is 31.4 Å². The van der Waals surface area contributed by atoms with Crippen LogP contribution in [0.5, 0.6) is 0 Å². The van der Waals surface area contributed by atoms with Crippen LogP contribution in [0.4, 0.5) is 5.82 Å². The van der Waals surface area contributed by atoms with Gasteiger partial charge in [0.25, 0.3) is 0 Å². The minimum Gasteiger partial charge on any atom is -0.355 e. The highest BCUT2D eigenvalue weighted by molar-refractivity contribution is 6.29.